The topological polar surface area (TPSA) is 88.2 Å². The number of rotatable bonds is 7. The van der Waals surface area contributed by atoms with Crippen molar-refractivity contribution in [2.24, 2.45) is 16.5 Å². The van der Waals surface area contributed by atoms with Gasteiger partial charge in [-0.15, -0.1) is 0 Å². The maximum Gasteiger partial charge on any atom is 0.126 e. The standard InChI is InChI=1S/C53H43N3.CH5N/c1-52(2)46-15-10-16-47(49(46)45-26-17-35(34-54)31-48(45)52)53(3)29-27-38(28-30-53)43-25-21-37-20-24-42(32-44(37)33-43)36-18-22-40(23-19-36)50(39-11-6-4-7-12-39)56-51(55)41-13-8-5-9-14-41;1-2/h4-29,31-33,50H,30H2,1-3H3,(H2,55,56);2H2,1H3. The minimum Gasteiger partial charge on any atom is -0.383 e. The maximum absolute atomic E-state index is 9.64. The Kier molecular flexibility index (Phi) is 10.3. The van der Waals surface area contributed by atoms with Crippen molar-refractivity contribution in [3.8, 4) is 28.3 Å². The minimum absolute atomic E-state index is 0.158. The summed E-state index contributed by atoms with van der Waals surface area (Å²) in [7, 11) is 1.50. The Hall–Kier alpha value is -6.80. The quantitative estimate of drug-likeness (QED) is 0.125. The molecule has 0 saturated carbocycles. The van der Waals surface area contributed by atoms with E-state index in [2.05, 4.69) is 154 Å². The fourth-order valence-electron chi connectivity index (χ4n) is 8.74. The molecular weight excluding hydrogens is 705 g/mol. The number of hydrogen-bond acceptors (Lipinski definition) is 3. The highest BCUT2D eigenvalue weighted by Gasteiger charge is 2.40. The zero-order chi connectivity index (χ0) is 40.4. The molecule has 0 amide bonds. The Morgan fingerprint density at radius 1 is 0.638 bits per heavy atom. The molecule has 0 aromatic heterocycles. The van der Waals surface area contributed by atoms with Crippen LogP contribution in [-0.2, 0) is 10.8 Å². The van der Waals surface area contributed by atoms with Gasteiger partial charge in [-0.1, -0.05) is 172 Å². The summed E-state index contributed by atoms with van der Waals surface area (Å²) in [4.78, 5) is 5.02. The van der Waals surface area contributed by atoms with Crippen LogP contribution in [0.5, 0.6) is 0 Å². The number of nitrogens with zero attached hydrogens (tertiary/aromatic N) is 2. The van der Waals surface area contributed by atoms with Gasteiger partial charge in [0.15, 0.2) is 0 Å². The van der Waals surface area contributed by atoms with Crippen LogP contribution in [0, 0.1) is 11.3 Å². The van der Waals surface area contributed by atoms with Gasteiger partial charge in [0.1, 0.15) is 11.9 Å². The first-order chi connectivity index (χ1) is 28.2. The van der Waals surface area contributed by atoms with Gasteiger partial charge in [-0.25, -0.2) is 0 Å². The lowest BCUT2D eigenvalue weighted by Crippen LogP contribution is -2.22. The van der Waals surface area contributed by atoms with E-state index in [0.717, 1.165) is 28.7 Å². The van der Waals surface area contributed by atoms with Crippen molar-refractivity contribution in [3.63, 3.8) is 0 Å². The molecule has 58 heavy (non-hydrogen) atoms. The van der Waals surface area contributed by atoms with Crippen LogP contribution in [0.4, 0.5) is 0 Å². The first-order valence-corrected chi connectivity index (χ1v) is 20.0. The second-order valence-electron chi connectivity index (χ2n) is 15.9. The molecule has 2 aliphatic rings. The molecule has 0 bridgehead atoms. The number of allylic oxidation sites excluding steroid dienone is 4. The highest BCUT2D eigenvalue weighted by atomic mass is 14.9. The van der Waals surface area contributed by atoms with Gasteiger partial charge in [-0.3, -0.25) is 4.99 Å². The number of nitrogens with two attached hydrogens (primary N) is 2. The second kappa shape index (κ2) is 15.6. The Morgan fingerprint density at radius 3 is 1.97 bits per heavy atom. The van der Waals surface area contributed by atoms with Gasteiger partial charge in [0, 0.05) is 16.4 Å². The molecule has 9 rings (SSSR count). The van der Waals surface area contributed by atoms with Crippen molar-refractivity contribution in [2.45, 2.75) is 44.1 Å². The van der Waals surface area contributed by atoms with Gasteiger partial charge >= 0.3 is 0 Å². The molecule has 0 heterocycles. The number of fused-ring (bicyclic) bond motifs is 4. The molecule has 4 N–H and O–H groups in total. The summed E-state index contributed by atoms with van der Waals surface area (Å²) in [5.41, 5.74) is 25.8. The van der Waals surface area contributed by atoms with Crippen molar-refractivity contribution in [1.29, 1.82) is 5.26 Å². The summed E-state index contributed by atoms with van der Waals surface area (Å²) in [6.45, 7) is 6.91. The smallest absolute Gasteiger partial charge is 0.126 e. The van der Waals surface area contributed by atoms with Crippen LogP contribution in [0.3, 0.4) is 0 Å². The van der Waals surface area contributed by atoms with Gasteiger partial charge in [0.25, 0.3) is 0 Å². The Morgan fingerprint density at radius 2 is 1.28 bits per heavy atom. The molecule has 7 aromatic carbocycles. The van der Waals surface area contributed by atoms with Crippen LogP contribution < -0.4 is 11.5 Å². The SMILES string of the molecule is CC1(c2cccc3c2-c2ccc(C#N)cc2C3(C)C)C=CC(c2ccc3ccc(-c4ccc(C(N=C(N)c5ccccc5)c5ccccc5)cc4)cc3c2)=CC1.CN. The van der Waals surface area contributed by atoms with E-state index in [1.165, 1.54) is 62.3 Å². The third kappa shape index (κ3) is 6.95. The molecule has 0 spiro atoms. The van der Waals surface area contributed by atoms with E-state index in [1.54, 1.807) is 0 Å². The third-order valence-corrected chi connectivity index (χ3v) is 12.0. The first-order valence-electron chi connectivity index (χ1n) is 20.0. The number of benzene rings is 7. The summed E-state index contributed by atoms with van der Waals surface area (Å²) in [5.74, 6) is 0.524. The second-order valence-corrected chi connectivity index (χ2v) is 15.9. The average Bonchev–Trinajstić information content (AvgIpc) is 3.51. The summed E-state index contributed by atoms with van der Waals surface area (Å²) in [5, 5.41) is 12.1. The van der Waals surface area contributed by atoms with E-state index >= 15 is 0 Å². The molecule has 0 aliphatic heterocycles. The highest BCUT2D eigenvalue weighted by molar-refractivity contribution is 5.97. The Balaban J connectivity index is 0.00000231. The number of aliphatic imine (C=N–C) groups is 1. The number of amidine groups is 1. The van der Waals surface area contributed by atoms with Crippen molar-refractivity contribution >= 4 is 22.2 Å². The fourth-order valence-corrected chi connectivity index (χ4v) is 8.74. The van der Waals surface area contributed by atoms with Crippen molar-refractivity contribution in [2.75, 3.05) is 7.05 Å². The fraction of sp³-hybridized carbons (Fsp3) is 0.148. The van der Waals surface area contributed by atoms with Gasteiger partial charge in [0.2, 0.25) is 0 Å². The zero-order valence-electron chi connectivity index (χ0n) is 33.6. The molecule has 0 saturated heterocycles. The van der Waals surface area contributed by atoms with Crippen LogP contribution in [-0.4, -0.2) is 12.9 Å². The number of hydrogen-bond donors (Lipinski definition) is 2. The summed E-state index contributed by atoms with van der Waals surface area (Å²) in [6, 6.07) is 57.7. The molecule has 284 valence electrons. The van der Waals surface area contributed by atoms with Crippen LogP contribution in [0.25, 0.3) is 38.6 Å². The van der Waals surface area contributed by atoms with E-state index in [9.17, 15) is 5.26 Å². The monoisotopic (exact) mass is 752 g/mol. The highest BCUT2D eigenvalue weighted by Crippen LogP contribution is 2.53. The first kappa shape index (κ1) is 38.1. The van der Waals surface area contributed by atoms with Gasteiger partial charge in [0.05, 0.1) is 11.6 Å². The lowest BCUT2D eigenvalue weighted by molar-refractivity contribution is 0.600. The predicted molar refractivity (Wildman–Crippen MR) is 243 cm³/mol. The third-order valence-electron chi connectivity index (χ3n) is 12.0. The molecule has 0 fully saturated rings. The van der Waals surface area contributed by atoms with Crippen LogP contribution in [0.1, 0.15) is 77.7 Å². The molecule has 7 aromatic rings. The summed E-state index contributed by atoms with van der Waals surface area (Å²) >= 11 is 0. The molecule has 2 atom stereocenters. The molecule has 0 radical (unpaired) electrons. The predicted octanol–water partition coefficient (Wildman–Crippen LogP) is 12.1. The van der Waals surface area contributed by atoms with E-state index in [1.807, 2.05) is 54.6 Å². The van der Waals surface area contributed by atoms with E-state index in [4.69, 9.17) is 10.7 Å². The Bertz CT molecular complexity index is 2770. The van der Waals surface area contributed by atoms with E-state index in [0.29, 0.717) is 11.4 Å². The molecule has 4 nitrogen and oxygen atoms in total. The lowest BCUT2D eigenvalue weighted by Gasteiger charge is -2.32. The van der Waals surface area contributed by atoms with Crippen LogP contribution >= 0.6 is 0 Å². The Labute approximate surface area is 342 Å². The van der Waals surface area contributed by atoms with Gasteiger partial charge in [-0.2, -0.15) is 5.26 Å². The molecular formula is C54H48N4. The van der Waals surface area contributed by atoms with Crippen LogP contribution in [0.2, 0.25) is 0 Å². The van der Waals surface area contributed by atoms with E-state index < -0.39 is 0 Å². The van der Waals surface area contributed by atoms with Crippen molar-refractivity contribution < 1.29 is 0 Å². The largest absolute Gasteiger partial charge is 0.383 e. The van der Waals surface area contributed by atoms with Crippen molar-refractivity contribution in [3.05, 3.63) is 220 Å². The van der Waals surface area contributed by atoms with Crippen molar-refractivity contribution in [1.82, 2.24) is 0 Å². The lowest BCUT2D eigenvalue weighted by atomic mass is 9.72. The van der Waals surface area contributed by atoms with E-state index in [-0.39, 0.29) is 16.9 Å². The minimum atomic E-state index is -0.216. The molecule has 4 heteroatoms. The molecule has 2 unspecified atom stereocenters. The zero-order valence-corrected chi connectivity index (χ0v) is 33.6. The maximum atomic E-state index is 9.64. The summed E-state index contributed by atoms with van der Waals surface area (Å²) < 4.78 is 0. The summed E-state index contributed by atoms with van der Waals surface area (Å²) in [6.07, 6.45) is 8.01. The molecule has 2 aliphatic carbocycles. The van der Waals surface area contributed by atoms with Crippen LogP contribution in [0.15, 0.2) is 181 Å². The number of nitriles is 1. The van der Waals surface area contributed by atoms with Gasteiger partial charge < -0.3 is 11.5 Å². The normalized spacial score (nSPS) is 17.0. The van der Waals surface area contributed by atoms with Gasteiger partial charge in [-0.05, 0) is 110 Å². The average molecular weight is 753 g/mol.